The average Bonchev–Trinajstić information content (AvgIpc) is 3.42. The molecule has 4 N–H and O–H groups in total. The lowest BCUT2D eigenvalue weighted by Crippen LogP contribution is -2.31. The summed E-state index contributed by atoms with van der Waals surface area (Å²) in [5.74, 6) is 0.0344. The van der Waals surface area contributed by atoms with Gasteiger partial charge in [0, 0.05) is 6.54 Å². The summed E-state index contributed by atoms with van der Waals surface area (Å²) in [5.41, 5.74) is 9.54. The minimum absolute atomic E-state index is 0.0265. The van der Waals surface area contributed by atoms with Gasteiger partial charge in [-0.25, -0.2) is 10.1 Å². The summed E-state index contributed by atoms with van der Waals surface area (Å²) in [4.78, 5) is 15.1. The van der Waals surface area contributed by atoms with Gasteiger partial charge in [-0.1, -0.05) is 11.6 Å². The molecule has 33 heavy (non-hydrogen) atoms. The lowest BCUT2D eigenvalue weighted by Gasteiger charge is -2.26. The Morgan fingerprint density at radius 2 is 2.15 bits per heavy atom. The summed E-state index contributed by atoms with van der Waals surface area (Å²) in [6, 6.07) is 4.76. The van der Waals surface area contributed by atoms with Crippen LogP contribution in [0.5, 0.6) is 11.5 Å². The van der Waals surface area contributed by atoms with Crippen LogP contribution in [0.2, 0.25) is 0 Å². The molecule has 0 atom stereocenters. The lowest BCUT2D eigenvalue weighted by atomic mass is 10.1. The SMILES string of the molecule is CCOc1cc(C=NNC(=O)c2nnn(-c3nonc3N)c2CN2CCCCC2)ccc1O. The number of nitrogens with zero attached hydrogens (tertiary/aromatic N) is 7. The minimum atomic E-state index is -0.539. The highest BCUT2D eigenvalue weighted by Crippen LogP contribution is 2.26. The predicted molar refractivity (Wildman–Crippen MR) is 117 cm³/mol. The molecule has 0 spiro atoms. The topological polar surface area (TPSA) is 170 Å². The number of piperidine rings is 1. The maximum absolute atomic E-state index is 12.9. The lowest BCUT2D eigenvalue weighted by molar-refractivity contribution is 0.0947. The first-order valence-electron chi connectivity index (χ1n) is 10.6. The number of carbonyl (C=O) groups is 1. The van der Waals surface area contributed by atoms with Crippen molar-refractivity contribution >= 4 is 17.9 Å². The molecule has 13 heteroatoms. The van der Waals surface area contributed by atoms with E-state index in [-0.39, 0.29) is 23.1 Å². The molecule has 174 valence electrons. The molecule has 3 heterocycles. The van der Waals surface area contributed by atoms with Gasteiger partial charge in [-0.3, -0.25) is 9.69 Å². The number of likely N-dealkylation sites (tertiary alicyclic amines) is 1. The molecular formula is C20H25N9O4. The van der Waals surface area contributed by atoms with Crippen molar-refractivity contribution in [1.29, 1.82) is 0 Å². The van der Waals surface area contributed by atoms with Crippen molar-refractivity contribution in [2.75, 3.05) is 25.4 Å². The van der Waals surface area contributed by atoms with E-state index < -0.39 is 5.91 Å². The molecule has 1 aliphatic heterocycles. The van der Waals surface area contributed by atoms with Crippen LogP contribution in [0.15, 0.2) is 27.9 Å². The third-order valence-electron chi connectivity index (χ3n) is 5.16. The average molecular weight is 455 g/mol. The first-order chi connectivity index (χ1) is 16.1. The summed E-state index contributed by atoms with van der Waals surface area (Å²) in [7, 11) is 0. The fraction of sp³-hybridized carbons (Fsp3) is 0.400. The molecule has 4 rings (SSSR count). The third kappa shape index (κ3) is 5.09. The Balaban J connectivity index is 1.54. The van der Waals surface area contributed by atoms with Crippen LogP contribution >= 0.6 is 0 Å². The number of phenols is 1. The smallest absolute Gasteiger partial charge is 0.293 e. The van der Waals surface area contributed by atoms with Crippen LogP contribution < -0.4 is 15.9 Å². The molecule has 1 fully saturated rings. The zero-order chi connectivity index (χ0) is 23.2. The number of phenolic OH excluding ortho intramolecular Hbond substituents is 1. The number of nitrogens with two attached hydrogens (primary N) is 1. The van der Waals surface area contributed by atoms with Crippen LogP contribution in [0.4, 0.5) is 5.82 Å². The molecule has 0 aliphatic carbocycles. The highest BCUT2D eigenvalue weighted by molar-refractivity contribution is 5.94. The van der Waals surface area contributed by atoms with Crippen molar-refractivity contribution in [3.8, 4) is 17.3 Å². The van der Waals surface area contributed by atoms with Crippen molar-refractivity contribution in [3.05, 3.63) is 35.2 Å². The van der Waals surface area contributed by atoms with E-state index in [0.29, 0.717) is 30.2 Å². The van der Waals surface area contributed by atoms with E-state index in [1.54, 1.807) is 12.1 Å². The molecule has 13 nitrogen and oxygen atoms in total. The number of aromatic hydroxyl groups is 1. The van der Waals surface area contributed by atoms with E-state index in [0.717, 1.165) is 25.9 Å². The molecule has 0 bridgehead atoms. The van der Waals surface area contributed by atoms with Gasteiger partial charge in [-0.05, 0) is 66.9 Å². The van der Waals surface area contributed by atoms with Gasteiger partial charge in [0.25, 0.3) is 5.91 Å². The molecule has 3 aromatic rings. The number of amides is 1. The van der Waals surface area contributed by atoms with E-state index in [2.05, 4.69) is 40.7 Å². The number of rotatable bonds is 8. The van der Waals surface area contributed by atoms with Gasteiger partial charge in [-0.15, -0.1) is 5.10 Å². The van der Waals surface area contributed by atoms with E-state index in [9.17, 15) is 9.90 Å². The number of hydrazone groups is 1. The van der Waals surface area contributed by atoms with Crippen molar-refractivity contribution in [3.63, 3.8) is 0 Å². The fourth-order valence-electron chi connectivity index (χ4n) is 3.56. The van der Waals surface area contributed by atoms with E-state index >= 15 is 0 Å². The van der Waals surface area contributed by atoms with Crippen molar-refractivity contribution in [2.24, 2.45) is 5.10 Å². The minimum Gasteiger partial charge on any atom is -0.504 e. The molecule has 0 saturated carbocycles. The number of nitrogens with one attached hydrogen (secondary N) is 1. The summed E-state index contributed by atoms with van der Waals surface area (Å²) >= 11 is 0. The monoisotopic (exact) mass is 455 g/mol. The van der Waals surface area contributed by atoms with Crippen molar-refractivity contribution in [2.45, 2.75) is 32.7 Å². The number of benzene rings is 1. The first kappa shape index (κ1) is 22.2. The molecule has 0 unspecified atom stereocenters. The maximum Gasteiger partial charge on any atom is 0.293 e. The summed E-state index contributed by atoms with van der Waals surface area (Å²) in [6.07, 6.45) is 4.78. The first-order valence-corrected chi connectivity index (χ1v) is 10.6. The van der Waals surface area contributed by atoms with E-state index in [4.69, 9.17) is 10.5 Å². The zero-order valence-corrected chi connectivity index (χ0v) is 18.1. The van der Waals surface area contributed by atoms with Crippen LogP contribution in [0.1, 0.15) is 47.9 Å². The Bertz CT molecular complexity index is 1130. The zero-order valence-electron chi connectivity index (χ0n) is 18.1. The van der Waals surface area contributed by atoms with Crippen LogP contribution in [-0.4, -0.2) is 67.1 Å². The van der Waals surface area contributed by atoms with Gasteiger partial charge >= 0.3 is 0 Å². The van der Waals surface area contributed by atoms with Gasteiger partial charge in [0.1, 0.15) is 0 Å². The molecule has 0 radical (unpaired) electrons. The predicted octanol–water partition coefficient (Wildman–Crippen LogP) is 1.09. The second-order valence-corrected chi connectivity index (χ2v) is 7.47. The van der Waals surface area contributed by atoms with Gasteiger partial charge in [0.2, 0.25) is 11.6 Å². The fourth-order valence-corrected chi connectivity index (χ4v) is 3.56. The standard InChI is InChI=1S/C20H25N9O4/c1-2-32-16-10-13(6-7-15(16)30)11-22-24-20(31)17-14(12-28-8-4-3-5-9-28)29(27-23-17)19-18(21)25-33-26-19/h6-7,10-11,30H,2-5,8-9,12H2,1H3,(H2,21,25)(H,24,31). The molecular weight excluding hydrogens is 430 g/mol. The normalized spacial score (nSPS) is 14.6. The van der Waals surface area contributed by atoms with Crippen LogP contribution in [0.25, 0.3) is 5.82 Å². The van der Waals surface area contributed by atoms with Crippen LogP contribution in [0.3, 0.4) is 0 Å². The molecule has 1 saturated heterocycles. The number of anilines is 1. The van der Waals surface area contributed by atoms with Gasteiger partial charge in [0.15, 0.2) is 17.2 Å². The Morgan fingerprint density at radius 3 is 2.88 bits per heavy atom. The number of hydrogen-bond donors (Lipinski definition) is 3. The highest BCUT2D eigenvalue weighted by atomic mass is 16.6. The molecule has 1 amide bonds. The number of ether oxygens (including phenoxy) is 1. The van der Waals surface area contributed by atoms with Crippen molar-refractivity contribution in [1.82, 2.24) is 35.6 Å². The van der Waals surface area contributed by atoms with Crippen molar-refractivity contribution < 1.29 is 19.3 Å². The summed E-state index contributed by atoms with van der Waals surface area (Å²) in [5, 5.41) is 29.3. The Labute approximate surface area is 189 Å². The highest BCUT2D eigenvalue weighted by Gasteiger charge is 2.26. The Hall–Kier alpha value is -4.00. The van der Waals surface area contributed by atoms with Crippen LogP contribution in [-0.2, 0) is 6.54 Å². The Morgan fingerprint density at radius 1 is 1.33 bits per heavy atom. The summed E-state index contributed by atoms with van der Waals surface area (Å²) in [6.45, 7) is 4.46. The van der Waals surface area contributed by atoms with Gasteiger partial charge < -0.3 is 15.6 Å². The number of nitrogen functional groups attached to an aromatic ring is 1. The third-order valence-corrected chi connectivity index (χ3v) is 5.16. The van der Waals surface area contributed by atoms with E-state index in [1.165, 1.54) is 23.4 Å². The largest absolute Gasteiger partial charge is 0.504 e. The van der Waals surface area contributed by atoms with Gasteiger partial charge in [-0.2, -0.15) is 9.78 Å². The summed E-state index contributed by atoms with van der Waals surface area (Å²) < 4.78 is 11.4. The molecule has 1 aromatic carbocycles. The second-order valence-electron chi connectivity index (χ2n) is 7.47. The second kappa shape index (κ2) is 10.1. The van der Waals surface area contributed by atoms with E-state index in [1.807, 2.05) is 6.92 Å². The Kier molecular flexibility index (Phi) is 6.78. The quantitative estimate of drug-likeness (QED) is 0.330. The van der Waals surface area contributed by atoms with Crippen LogP contribution in [0, 0.1) is 0 Å². The molecule has 2 aromatic heterocycles. The number of hydrogen-bond acceptors (Lipinski definition) is 11. The number of carbonyl (C=O) groups excluding carboxylic acids is 1. The molecule has 1 aliphatic rings. The maximum atomic E-state index is 12.9. The van der Waals surface area contributed by atoms with Gasteiger partial charge in [0.05, 0.1) is 18.5 Å². The number of aromatic nitrogens is 5.